The van der Waals surface area contributed by atoms with Crippen molar-refractivity contribution in [3.63, 3.8) is 0 Å². The molecule has 0 aliphatic rings. The Morgan fingerprint density at radius 3 is 1.93 bits per heavy atom. The van der Waals surface area contributed by atoms with Gasteiger partial charge in [-0.1, -0.05) is 72.8 Å². The van der Waals surface area contributed by atoms with E-state index in [0.29, 0.717) is 30.3 Å². The lowest BCUT2D eigenvalue weighted by Gasteiger charge is -2.14. The number of methoxy groups -OCH3 is 2. The first-order valence-corrected chi connectivity index (χ1v) is 12.9. The highest BCUT2D eigenvalue weighted by Gasteiger charge is 2.19. The van der Waals surface area contributed by atoms with E-state index in [-0.39, 0.29) is 36.4 Å². The van der Waals surface area contributed by atoms with Gasteiger partial charge in [-0.15, -0.1) is 0 Å². The van der Waals surface area contributed by atoms with Gasteiger partial charge in [-0.3, -0.25) is 4.79 Å². The Labute approximate surface area is 239 Å². The molecule has 0 aliphatic heterocycles. The zero-order valence-electron chi connectivity index (χ0n) is 22.9. The van der Waals surface area contributed by atoms with Crippen molar-refractivity contribution in [3.8, 4) is 28.7 Å². The number of phenolic OH excluding ortho intramolecular Hbond substituents is 1. The molecule has 0 radical (unpaired) electrons. The fourth-order valence-electron chi connectivity index (χ4n) is 3.86. The molecule has 4 rings (SSSR count). The van der Waals surface area contributed by atoms with Crippen molar-refractivity contribution in [3.05, 3.63) is 119 Å². The second-order valence-electron chi connectivity index (χ2n) is 8.87. The lowest BCUT2D eigenvalue weighted by molar-refractivity contribution is 0.0453. The summed E-state index contributed by atoms with van der Waals surface area (Å²) in [6.07, 6.45) is 2.98. The number of benzene rings is 4. The lowest BCUT2D eigenvalue weighted by Crippen LogP contribution is -2.07. The second-order valence-corrected chi connectivity index (χ2v) is 8.87. The van der Waals surface area contributed by atoms with Gasteiger partial charge < -0.3 is 33.5 Å². The van der Waals surface area contributed by atoms with Crippen LogP contribution in [0.2, 0.25) is 0 Å². The number of hydrogen-bond acceptors (Lipinski definition) is 8. The van der Waals surface area contributed by atoms with Crippen LogP contribution in [0.25, 0.3) is 6.08 Å². The average molecular weight is 557 g/mol. The maximum Gasteiger partial charge on any atom is 0.193 e. The van der Waals surface area contributed by atoms with Crippen molar-refractivity contribution in [1.29, 1.82) is 0 Å². The summed E-state index contributed by atoms with van der Waals surface area (Å²) in [5, 5.41) is 10.6. The molecule has 0 bridgehead atoms. The molecule has 0 spiro atoms. The number of ether oxygens (including phenoxy) is 6. The highest BCUT2D eigenvalue weighted by Crippen LogP contribution is 2.35. The fraction of sp³-hybridized carbons (Fsp3) is 0.182. The van der Waals surface area contributed by atoms with Crippen molar-refractivity contribution < 1.29 is 38.3 Å². The first kappa shape index (κ1) is 29.2. The van der Waals surface area contributed by atoms with Gasteiger partial charge in [-0.05, 0) is 34.9 Å². The standard InChI is InChI=1S/C33H32O8/c1-36-22-40-27-18-29(35)33(32(19-27)41-23-37-2)28(34)15-13-24-14-16-30(38-20-25-9-5-3-6-10-25)31(17-24)39-21-26-11-7-4-8-12-26/h3-19,35H,20-23H2,1-2H3. The van der Waals surface area contributed by atoms with Crippen LogP contribution in [0.4, 0.5) is 0 Å². The molecule has 4 aromatic carbocycles. The Morgan fingerprint density at radius 1 is 0.683 bits per heavy atom. The molecule has 41 heavy (non-hydrogen) atoms. The van der Waals surface area contributed by atoms with Gasteiger partial charge in [0.05, 0.1) is 0 Å². The van der Waals surface area contributed by atoms with Crippen LogP contribution in [0.1, 0.15) is 27.0 Å². The van der Waals surface area contributed by atoms with Gasteiger partial charge >= 0.3 is 0 Å². The Morgan fingerprint density at radius 2 is 1.29 bits per heavy atom. The van der Waals surface area contributed by atoms with E-state index in [9.17, 15) is 9.90 Å². The van der Waals surface area contributed by atoms with Crippen LogP contribution in [0.3, 0.4) is 0 Å². The molecular formula is C33H32O8. The number of aromatic hydroxyl groups is 1. The van der Waals surface area contributed by atoms with E-state index in [2.05, 4.69) is 0 Å². The van der Waals surface area contributed by atoms with E-state index >= 15 is 0 Å². The molecule has 0 saturated carbocycles. The van der Waals surface area contributed by atoms with E-state index < -0.39 is 5.78 Å². The molecule has 0 unspecified atom stereocenters. The fourth-order valence-corrected chi connectivity index (χ4v) is 3.86. The van der Waals surface area contributed by atoms with Crippen molar-refractivity contribution in [2.75, 3.05) is 27.8 Å². The smallest absolute Gasteiger partial charge is 0.193 e. The van der Waals surface area contributed by atoms with E-state index in [4.69, 9.17) is 28.4 Å². The quantitative estimate of drug-likeness (QED) is 0.102. The van der Waals surface area contributed by atoms with Gasteiger partial charge in [0.25, 0.3) is 0 Å². The van der Waals surface area contributed by atoms with Gasteiger partial charge in [0, 0.05) is 26.4 Å². The third-order valence-corrected chi connectivity index (χ3v) is 5.85. The summed E-state index contributed by atoms with van der Waals surface area (Å²) in [4.78, 5) is 13.2. The first-order chi connectivity index (χ1) is 20.1. The van der Waals surface area contributed by atoms with Crippen molar-refractivity contribution in [2.45, 2.75) is 13.2 Å². The molecule has 212 valence electrons. The van der Waals surface area contributed by atoms with E-state index in [1.165, 1.54) is 32.4 Å². The zero-order chi connectivity index (χ0) is 28.9. The van der Waals surface area contributed by atoms with Crippen LogP contribution in [0, 0.1) is 0 Å². The molecule has 0 heterocycles. The maximum absolute atomic E-state index is 13.2. The predicted molar refractivity (Wildman–Crippen MR) is 154 cm³/mol. The zero-order valence-corrected chi connectivity index (χ0v) is 22.9. The van der Waals surface area contributed by atoms with Gasteiger partial charge in [-0.25, -0.2) is 0 Å². The lowest BCUT2D eigenvalue weighted by atomic mass is 10.1. The molecular weight excluding hydrogens is 524 g/mol. The van der Waals surface area contributed by atoms with E-state index in [1.807, 2.05) is 66.7 Å². The summed E-state index contributed by atoms with van der Waals surface area (Å²) in [5.74, 6) is 0.740. The number of ketones is 1. The molecule has 4 aromatic rings. The van der Waals surface area contributed by atoms with Crippen LogP contribution in [-0.4, -0.2) is 38.7 Å². The van der Waals surface area contributed by atoms with Gasteiger partial charge in [0.2, 0.25) is 0 Å². The molecule has 0 fully saturated rings. The minimum absolute atomic E-state index is 0.0218. The third kappa shape index (κ3) is 8.60. The van der Waals surface area contributed by atoms with E-state index in [0.717, 1.165) is 11.1 Å². The molecule has 0 amide bonds. The minimum Gasteiger partial charge on any atom is -0.507 e. The van der Waals surface area contributed by atoms with Crippen molar-refractivity contribution in [2.24, 2.45) is 0 Å². The number of hydrogen-bond donors (Lipinski definition) is 1. The SMILES string of the molecule is COCOc1cc(O)c(C(=O)C=Cc2ccc(OCc3ccccc3)c(OCc3ccccc3)c2)c(OCOC)c1. The number of carbonyl (C=O) groups is 1. The van der Waals surface area contributed by atoms with Crippen LogP contribution >= 0.6 is 0 Å². The normalized spacial score (nSPS) is 10.9. The summed E-state index contributed by atoms with van der Waals surface area (Å²) in [5.41, 5.74) is 2.72. The summed E-state index contributed by atoms with van der Waals surface area (Å²) in [6.45, 7) is 0.573. The Bertz CT molecular complexity index is 1430. The number of carbonyl (C=O) groups excluding carboxylic acids is 1. The van der Waals surface area contributed by atoms with Crippen LogP contribution in [-0.2, 0) is 22.7 Å². The second kappa shape index (κ2) is 15.1. The molecule has 8 nitrogen and oxygen atoms in total. The third-order valence-electron chi connectivity index (χ3n) is 5.85. The van der Waals surface area contributed by atoms with Gasteiger partial charge in [0.1, 0.15) is 36.0 Å². The average Bonchev–Trinajstić information content (AvgIpc) is 3.00. The topological polar surface area (TPSA) is 92.7 Å². The number of phenols is 1. The Hall–Kier alpha value is -4.79. The molecule has 1 N–H and O–H groups in total. The number of rotatable bonds is 15. The molecule has 0 atom stereocenters. The summed E-state index contributed by atoms with van der Waals surface area (Å²) in [7, 11) is 2.93. The minimum atomic E-state index is -0.469. The van der Waals surface area contributed by atoms with Crippen LogP contribution in [0.15, 0.2) is 97.1 Å². The van der Waals surface area contributed by atoms with Crippen molar-refractivity contribution in [1.82, 2.24) is 0 Å². The molecule has 8 heteroatoms. The largest absolute Gasteiger partial charge is 0.507 e. The van der Waals surface area contributed by atoms with Crippen LogP contribution < -0.4 is 18.9 Å². The maximum atomic E-state index is 13.2. The van der Waals surface area contributed by atoms with E-state index in [1.54, 1.807) is 18.2 Å². The highest BCUT2D eigenvalue weighted by atomic mass is 16.7. The predicted octanol–water partition coefficient (Wildman–Crippen LogP) is 6.41. The summed E-state index contributed by atoms with van der Waals surface area (Å²) < 4.78 is 33.0. The van der Waals surface area contributed by atoms with Gasteiger partial charge in [0.15, 0.2) is 30.9 Å². The molecule has 0 aliphatic carbocycles. The first-order valence-electron chi connectivity index (χ1n) is 12.9. The monoisotopic (exact) mass is 556 g/mol. The molecule has 0 saturated heterocycles. The molecule has 0 aromatic heterocycles. The summed E-state index contributed by atoms with van der Waals surface area (Å²) >= 11 is 0. The van der Waals surface area contributed by atoms with Gasteiger partial charge in [-0.2, -0.15) is 0 Å². The van der Waals surface area contributed by atoms with Crippen molar-refractivity contribution >= 4 is 11.9 Å². The highest BCUT2D eigenvalue weighted by molar-refractivity contribution is 6.10. The summed E-state index contributed by atoms with van der Waals surface area (Å²) in [6, 6.07) is 27.9. The Kier molecular flexibility index (Phi) is 10.8. The Balaban J connectivity index is 1.56. The van der Waals surface area contributed by atoms with Crippen LogP contribution in [0.5, 0.6) is 28.7 Å². The number of allylic oxidation sites excluding steroid dienone is 1.